The van der Waals surface area contributed by atoms with Crippen molar-refractivity contribution >= 4 is 16.8 Å². The van der Waals surface area contributed by atoms with Gasteiger partial charge in [0.15, 0.2) is 0 Å². The Morgan fingerprint density at radius 2 is 1.89 bits per heavy atom. The summed E-state index contributed by atoms with van der Waals surface area (Å²) in [6.07, 6.45) is 3.36. The van der Waals surface area contributed by atoms with Crippen LogP contribution >= 0.6 is 0 Å². The number of hydrogen-bond donors (Lipinski definition) is 1. The van der Waals surface area contributed by atoms with E-state index in [4.69, 9.17) is 0 Å². The Bertz CT molecular complexity index is 866. The Morgan fingerprint density at radius 3 is 2.64 bits per heavy atom. The highest BCUT2D eigenvalue weighted by Crippen LogP contribution is 2.20. The zero-order valence-electron chi connectivity index (χ0n) is 17.3. The van der Waals surface area contributed by atoms with Crippen molar-refractivity contribution in [2.24, 2.45) is 11.8 Å². The molecule has 3 rings (SSSR count). The molecule has 1 N–H and O–H groups in total. The number of piperidine rings is 1. The summed E-state index contributed by atoms with van der Waals surface area (Å²) in [5.41, 5.74) is 0.509. The number of unbranched alkanes of at least 4 members (excludes halogenated alkanes) is 1. The third kappa shape index (κ3) is 5.19. The summed E-state index contributed by atoms with van der Waals surface area (Å²) >= 11 is 0. The average molecular weight is 385 g/mol. The van der Waals surface area contributed by atoms with Crippen molar-refractivity contribution in [1.29, 1.82) is 0 Å². The van der Waals surface area contributed by atoms with Gasteiger partial charge in [0.1, 0.15) is 12.4 Å². The number of nitrogens with zero attached hydrogens (tertiary/aromatic N) is 3. The second-order valence-electron chi connectivity index (χ2n) is 8.33. The summed E-state index contributed by atoms with van der Waals surface area (Å²) in [7, 11) is 0. The number of fused-ring (bicyclic) bond motifs is 1. The minimum absolute atomic E-state index is 0.0175. The van der Waals surface area contributed by atoms with E-state index in [-0.39, 0.29) is 18.0 Å². The maximum atomic E-state index is 12.6. The Hall–Kier alpha value is -2.21. The van der Waals surface area contributed by atoms with Crippen LogP contribution in [0.4, 0.5) is 0 Å². The number of rotatable bonds is 7. The van der Waals surface area contributed by atoms with Gasteiger partial charge in [-0.15, -0.1) is 0 Å². The Labute approximate surface area is 166 Å². The number of carbonyl (C=O) groups excluding carboxylic acids is 1. The second kappa shape index (κ2) is 9.32. The molecular weight excluding hydrogens is 352 g/mol. The fraction of sp³-hybridized carbons (Fsp3) is 0.591. The molecule has 2 aromatic rings. The zero-order valence-corrected chi connectivity index (χ0v) is 17.3. The number of amides is 1. The number of likely N-dealkylation sites (tertiary alicyclic amines) is 1. The molecule has 0 bridgehead atoms. The summed E-state index contributed by atoms with van der Waals surface area (Å²) < 4.78 is 1.45. The monoisotopic (exact) mass is 384 g/mol. The molecule has 1 fully saturated rings. The first-order chi connectivity index (χ1) is 13.4. The van der Waals surface area contributed by atoms with E-state index in [1.807, 2.05) is 18.2 Å². The van der Waals surface area contributed by atoms with Gasteiger partial charge in [0.2, 0.25) is 5.91 Å². The van der Waals surface area contributed by atoms with Crippen LogP contribution in [0, 0.1) is 18.8 Å². The van der Waals surface area contributed by atoms with E-state index in [0.717, 1.165) is 31.2 Å². The Kier molecular flexibility index (Phi) is 6.83. The van der Waals surface area contributed by atoms with Crippen LogP contribution in [0.2, 0.25) is 0 Å². The van der Waals surface area contributed by atoms with Crippen molar-refractivity contribution in [3.63, 3.8) is 0 Å². The molecule has 0 aliphatic carbocycles. The van der Waals surface area contributed by atoms with Crippen molar-refractivity contribution in [2.45, 2.75) is 46.6 Å². The molecule has 1 saturated heterocycles. The first-order valence-corrected chi connectivity index (χ1v) is 10.4. The lowest BCUT2D eigenvalue weighted by atomic mass is 9.92. The van der Waals surface area contributed by atoms with Crippen LogP contribution in [0.5, 0.6) is 0 Å². The molecule has 1 aliphatic rings. The van der Waals surface area contributed by atoms with Crippen molar-refractivity contribution in [3.8, 4) is 0 Å². The molecule has 1 amide bonds. The van der Waals surface area contributed by atoms with E-state index in [2.05, 4.69) is 29.0 Å². The summed E-state index contributed by atoms with van der Waals surface area (Å²) in [6, 6.07) is 7.24. The minimum Gasteiger partial charge on any atom is -0.355 e. The molecule has 152 valence electrons. The van der Waals surface area contributed by atoms with Gasteiger partial charge in [-0.2, -0.15) is 0 Å². The Morgan fingerprint density at radius 1 is 1.18 bits per heavy atom. The first kappa shape index (κ1) is 20.5. The summed E-state index contributed by atoms with van der Waals surface area (Å²) in [5.74, 6) is 1.98. The quantitative estimate of drug-likeness (QED) is 0.745. The van der Waals surface area contributed by atoms with Gasteiger partial charge in [-0.25, -0.2) is 4.98 Å². The SMILES string of the molecule is Cc1nc2ccccc2c(=O)n1CC(=O)NCCCCN1CC(C)CC(C)C1. The van der Waals surface area contributed by atoms with Gasteiger partial charge in [0.25, 0.3) is 5.56 Å². The van der Waals surface area contributed by atoms with Gasteiger partial charge >= 0.3 is 0 Å². The van der Waals surface area contributed by atoms with Crippen LogP contribution in [-0.2, 0) is 11.3 Å². The van der Waals surface area contributed by atoms with Gasteiger partial charge in [-0.05, 0) is 56.7 Å². The molecule has 0 spiro atoms. The van der Waals surface area contributed by atoms with Gasteiger partial charge in [0.05, 0.1) is 10.9 Å². The lowest BCUT2D eigenvalue weighted by molar-refractivity contribution is -0.121. The summed E-state index contributed by atoms with van der Waals surface area (Å²) in [6.45, 7) is 10.6. The van der Waals surface area contributed by atoms with E-state index < -0.39 is 0 Å². The molecule has 1 aromatic carbocycles. The summed E-state index contributed by atoms with van der Waals surface area (Å²) in [4.78, 5) is 31.9. The van der Waals surface area contributed by atoms with Crippen LogP contribution in [0.3, 0.4) is 0 Å². The number of aryl methyl sites for hydroxylation is 1. The van der Waals surface area contributed by atoms with Gasteiger partial charge in [0, 0.05) is 19.6 Å². The van der Waals surface area contributed by atoms with E-state index in [1.165, 1.54) is 24.1 Å². The standard InChI is InChI=1S/C22H32N4O2/c1-16-12-17(2)14-25(13-16)11-7-6-10-23-21(27)15-26-18(3)24-20-9-5-4-8-19(20)22(26)28/h4-5,8-9,16-17H,6-7,10-15H2,1-3H3,(H,23,27). The van der Waals surface area contributed by atoms with Crippen LogP contribution in [0.1, 0.15) is 38.9 Å². The zero-order chi connectivity index (χ0) is 20.1. The van der Waals surface area contributed by atoms with Crippen molar-refractivity contribution in [2.75, 3.05) is 26.2 Å². The molecule has 6 heteroatoms. The molecule has 2 unspecified atom stereocenters. The van der Waals surface area contributed by atoms with Crippen molar-refractivity contribution < 1.29 is 4.79 Å². The van der Waals surface area contributed by atoms with Crippen molar-refractivity contribution in [1.82, 2.24) is 19.8 Å². The number of para-hydroxylation sites is 1. The fourth-order valence-corrected chi connectivity index (χ4v) is 4.33. The minimum atomic E-state index is -0.161. The number of nitrogens with one attached hydrogen (secondary N) is 1. The third-order valence-corrected chi connectivity index (χ3v) is 5.52. The highest BCUT2D eigenvalue weighted by molar-refractivity contribution is 5.79. The lowest BCUT2D eigenvalue weighted by Gasteiger charge is -2.34. The largest absolute Gasteiger partial charge is 0.355 e. The van der Waals surface area contributed by atoms with E-state index in [9.17, 15) is 9.59 Å². The van der Waals surface area contributed by atoms with E-state index in [0.29, 0.717) is 23.3 Å². The normalized spacial score (nSPS) is 20.4. The molecule has 0 radical (unpaired) electrons. The maximum absolute atomic E-state index is 12.6. The Balaban J connectivity index is 1.45. The maximum Gasteiger partial charge on any atom is 0.261 e. The molecule has 2 atom stereocenters. The van der Waals surface area contributed by atoms with Crippen LogP contribution in [-0.4, -0.2) is 46.5 Å². The van der Waals surface area contributed by atoms with Crippen LogP contribution in [0.25, 0.3) is 10.9 Å². The average Bonchev–Trinajstić information content (AvgIpc) is 2.64. The molecule has 0 saturated carbocycles. The molecular formula is C22H32N4O2. The van der Waals surface area contributed by atoms with Crippen LogP contribution in [0.15, 0.2) is 29.1 Å². The van der Waals surface area contributed by atoms with Gasteiger partial charge < -0.3 is 10.2 Å². The third-order valence-electron chi connectivity index (χ3n) is 5.52. The van der Waals surface area contributed by atoms with Gasteiger partial charge in [-0.3, -0.25) is 14.2 Å². The summed E-state index contributed by atoms with van der Waals surface area (Å²) in [5, 5.41) is 3.49. The molecule has 1 aliphatic heterocycles. The fourth-order valence-electron chi connectivity index (χ4n) is 4.33. The first-order valence-electron chi connectivity index (χ1n) is 10.4. The smallest absolute Gasteiger partial charge is 0.261 e. The van der Waals surface area contributed by atoms with E-state index >= 15 is 0 Å². The molecule has 2 heterocycles. The number of aromatic nitrogens is 2. The van der Waals surface area contributed by atoms with Crippen LogP contribution < -0.4 is 10.9 Å². The predicted molar refractivity (Wildman–Crippen MR) is 112 cm³/mol. The molecule has 6 nitrogen and oxygen atoms in total. The number of benzene rings is 1. The molecule has 28 heavy (non-hydrogen) atoms. The predicted octanol–water partition coefficient (Wildman–Crippen LogP) is 2.58. The molecule has 1 aromatic heterocycles. The second-order valence-corrected chi connectivity index (χ2v) is 8.33. The van der Waals surface area contributed by atoms with E-state index in [1.54, 1.807) is 13.0 Å². The number of hydrogen-bond acceptors (Lipinski definition) is 4. The van der Waals surface area contributed by atoms with Crippen molar-refractivity contribution in [3.05, 3.63) is 40.4 Å². The lowest BCUT2D eigenvalue weighted by Crippen LogP contribution is -2.39. The highest BCUT2D eigenvalue weighted by atomic mass is 16.2. The highest BCUT2D eigenvalue weighted by Gasteiger charge is 2.21. The van der Waals surface area contributed by atoms with Gasteiger partial charge in [-0.1, -0.05) is 26.0 Å². The number of carbonyl (C=O) groups is 1. The topological polar surface area (TPSA) is 67.2 Å².